The molecule has 26 heavy (non-hydrogen) atoms. The zero-order valence-electron chi connectivity index (χ0n) is 14.9. The summed E-state index contributed by atoms with van der Waals surface area (Å²) >= 11 is 0. The molecule has 1 fully saturated rings. The zero-order valence-corrected chi connectivity index (χ0v) is 14.9. The van der Waals surface area contributed by atoms with Crippen molar-refractivity contribution in [3.05, 3.63) is 77.0 Å². The van der Waals surface area contributed by atoms with E-state index in [1.54, 1.807) is 0 Å². The van der Waals surface area contributed by atoms with Crippen LogP contribution in [0.1, 0.15) is 29.5 Å². The number of nitrogens with zero attached hydrogens (tertiary/aromatic N) is 2. The van der Waals surface area contributed by atoms with E-state index in [-0.39, 0.29) is 11.8 Å². The molecule has 132 valence electrons. The highest BCUT2D eigenvalue weighted by atomic mass is 16.2. The van der Waals surface area contributed by atoms with Crippen molar-refractivity contribution in [2.24, 2.45) is 0 Å². The maximum atomic E-state index is 13.2. The van der Waals surface area contributed by atoms with Gasteiger partial charge < -0.3 is 4.90 Å². The van der Waals surface area contributed by atoms with Crippen LogP contribution in [0.5, 0.6) is 0 Å². The largest absolute Gasteiger partial charge is 0.366 e. The van der Waals surface area contributed by atoms with E-state index in [4.69, 9.17) is 0 Å². The minimum absolute atomic E-state index is 0.170. The van der Waals surface area contributed by atoms with Crippen molar-refractivity contribution < 1.29 is 9.59 Å². The molecule has 0 radical (unpaired) electrons. The Morgan fingerprint density at radius 3 is 2.15 bits per heavy atom. The molecule has 2 heterocycles. The first kappa shape index (κ1) is 16.6. The van der Waals surface area contributed by atoms with Crippen LogP contribution < -0.4 is 0 Å². The first-order valence-electron chi connectivity index (χ1n) is 9.11. The molecular formula is C22H22N2O2. The Hall–Kier alpha value is -2.88. The minimum Gasteiger partial charge on any atom is -0.366 e. The third kappa shape index (κ3) is 2.92. The summed E-state index contributed by atoms with van der Waals surface area (Å²) in [6.45, 7) is 4.01. The molecule has 4 rings (SSSR count). The van der Waals surface area contributed by atoms with Crippen LogP contribution in [0.25, 0.3) is 5.57 Å². The molecule has 0 N–H and O–H groups in total. The summed E-state index contributed by atoms with van der Waals surface area (Å²) in [6, 6.07) is 17.5. The molecule has 2 aromatic rings. The molecule has 0 unspecified atom stereocenters. The van der Waals surface area contributed by atoms with Crippen LogP contribution in [-0.2, 0) is 16.1 Å². The number of aryl methyl sites for hydroxylation is 1. The summed E-state index contributed by atoms with van der Waals surface area (Å²) in [6.07, 6.45) is 2.12. The molecule has 1 saturated heterocycles. The van der Waals surface area contributed by atoms with E-state index < -0.39 is 0 Å². The SMILES string of the molecule is Cc1ccc(CN2C(=O)C(c3ccccc3)=C(N3CCCC3)C2=O)cc1. The van der Waals surface area contributed by atoms with Gasteiger partial charge in [0.25, 0.3) is 11.8 Å². The monoisotopic (exact) mass is 346 g/mol. The van der Waals surface area contributed by atoms with E-state index in [0.29, 0.717) is 17.8 Å². The molecule has 2 amide bonds. The van der Waals surface area contributed by atoms with Gasteiger partial charge in [0.1, 0.15) is 5.70 Å². The Labute approximate surface area is 153 Å². The smallest absolute Gasteiger partial charge is 0.278 e. The molecule has 2 aliphatic heterocycles. The highest BCUT2D eigenvalue weighted by Gasteiger charge is 2.41. The maximum Gasteiger partial charge on any atom is 0.278 e. The van der Waals surface area contributed by atoms with Crippen molar-refractivity contribution in [3.63, 3.8) is 0 Å². The van der Waals surface area contributed by atoms with Crippen molar-refractivity contribution in [2.45, 2.75) is 26.3 Å². The quantitative estimate of drug-likeness (QED) is 0.797. The number of hydrogen-bond acceptors (Lipinski definition) is 3. The van der Waals surface area contributed by atoms with Crippen LogP contribution in [0.4, 0.5) is 0 Å². The molecule has 0 spiro atoms. The van der Waals surface area contributed by atoms with Gasteiger partial charge >= 0.3 is 0 Å². The summed E-state index contributed by atoms with van der Waals surface area (Å²) < 4.78 is 0. The van der Waals surface area contributed by atoms with Crippen LogP contribution in [-0.4, -0.2) is 34.7 Å². The second-order valence-corrected chi connectivity index (χ2v) is 6.97. The van der Waals surface area contributed by atoms with Gasteiger partial charge in [-0.1, -0.05) is 60.2 Å². The molecule has 0 bridgehead atoms. The summed E-state index contributed by atoms with van der Waals surface area (Å²) in [5.41, 5.74) is 4.07. The topological polar surface area (TPSA) is 40.6 Å². The molecule has 0 aliphatic carbocycles. The number of amides is 2. The Morgan fingerprint density at radius 2 is 1.50 bits per heavy atom. The van der Waals surface area contributed by atoms with Crippen molar-refractivity contribution in [3.8, 4) is 0 Å². The Bertz CT molecular complexity index is 863. The molecule has 0 aromatic heterocycles. The number of hydrogen-bond donors (Lipinski definition) is 0. The lowest BCUT2D eigenvalue weighted by atomic mass is 10.0. The summed E-state index contributed by atoms with van der Waals surface area (Å²) in [5, 5.41) is 0. The maximum absolute atomic E-state index is 13.2. The molecular weight excluding hydrogens is 324 g/mol. The van der Waals surface area contributed by atoms with E-state index >= 15 is 0 Å². The predicted molar refractivity (Wildman–Crippen MR) is 101 cm³/mol. The van der Waals surface area contributed by atoms with Crippen molar-refractivity contribution in [1.82, 2.24) is 9.80 Å². The van der Waals surface area contributed by atoms with Gasteiger partial charge in [-0.2, -0.15) is 0 Å². The van der Waals surface area contributed by atoms with Gasteiger partial charge in [0.05, 0.1) is 12.1 Å². The molecule has 2 aliphatic rings. The number of carbonyl (C=O) groups is 2. The van der Waals surface area contributed by atoms with Crippen molar-refractivity contribution in [1.29, 1.82) is 0 Å². The second kappa shape index (κ2) is 6.79. The van der Waals surface area contributed by atoms with Gasteiger partial charge in [-0.3, -0.25) is 14.5 Å². The lowest BCUT2D eigenvalue weighted by molar-refractivity contribution is -0.138. The number of carbonyl (C=O) groups excluding carboxylic acids is 2. The lowest BCUT2D eigenvalue weighted by Gasteiger charge is -2.20. The summed E-state index contributed by atoms with van der Waals surface area (Å²) in [7, 11) is 0. The van der Waals surface area contributed by atoms with Gasteiger partial charge in [-0.25, -0.2) is 0 Å². The number of likely N-dealkylation sites (tertiary alicyclic amines) is 1. The van der Waals surface area contributed by atoms with E-state index in [1.165, 1.54) is 4.90 Å². The van der Waals surface area contributed by atoms with E-state index in [2.05, 4.69) is 4.90 Å². The highest BCUT2D eigenvalue weighted by molar-refractivity contribution is 6.35. The first-order chi connectivity index (χ1) is 12.6. The third-order valence-corrected chi connectivity index (χ3v) is 5.09. The third-order valence-electron chi connectivity index (χ3n) is 5.09. The number of imide groups is 1. The van der Waals surface area contributed by atoms with Crippen LogP contribution in [0.3, 0.4) is 0 Å². The van der Waals surface area contributed by atoms with Crippen LogP contribution in [0.2, 0.25) is 0 Å². The average Bonchev–Trinajstić information content (AvgIpc) is 3.26. The molecule has 2 aromatic carbocycles. The first-order valence-corrected chi connectivity index (χ1v) is 9.11. The zero-order chi connectivity index (χ0) is 18.1. The Kier molecular flexibility index (Phi) is 4.33. The standard InChI is InChI=1S/C22H22N2O2/c1-16-9-11-17(12-10-16)15-24-21(25)19(18-7-3-2-4-8-18)20(22(24)26)23-13-5-6-14-23/h2-4,7-12H,5-6,13-15H2,1H3. The fourth-order valence-corrected chi connectivity index (χ4v) is 3.68. The van der Waals surface area contributed by atoms with E-state index in [9.17, 15) is 9.59 Å². The fourth-order valence-electron chi connectivity index (χ4n) is 3.68. The normalized spacial score (nSPS) is 17.6. The van der Waals surface area contributed by atoms with Gasteiger partial charge in [0.2, 0.25) is 0 Å². The second-order valence-electron chi connectivity index (χ2n) is 6.97. The van der Waals surface area contributed by atoms with Crippen LogP contribution in [0, 0.1) is 6.92 Å². The number of benzene rings is 2. The Morgan fingerprint density at radius 1 is 0.846 bits per heavy atom. The van der Waals surface area contributed by atoms with Crippen molar-refractivity contribution in [2.75, 3.05) is 13.1 Å². The van der Waals surface area contributed by atoms with Gasteiger partial charge in [-0.15, -0.1) is 0 Å². The minimum atomic E-state index is -0.191. The highest BCUT2D eigenvalue weighted by Crippen LogP contribution is 2.34. The van der Waals surface area contributed by atoms with Gasteiger partial charge in [-0.05, 0) is 30.9 Å². The van der Waals surface area contributed by atoms with Crippen LogP contribution in [0.15, 0.2) is 60.3 Å². The fraction of sp³-hybridized carbons (Fsp3) is 0.273. The van der Waals surface area contributed by atoms with Gasteiger partial charge in [0.15, 0.2) is 0 Å². The summed E-state index contributed by atoms with van der Waals surface area (Å²) in [4.78, 5) is 29.8. The average molecular weight is 346 g/mol. The molecule has 0 atom stereocenters. The predicted octanol–water partition coefficient (Wildman–Crippen LogP) is 3.37. The van der Waals surface area contributed by atoms with Crippen LogP contribution >= 0.6 is 0 Å². The van der Waals surface area contributed by atoms with Crippen molar-refractivity contribution >= 4 is 17.4 Å². The molecule has 4 heteroatoms. The summed E-state index contributed by atoms with van der Waals surface area (Å²) in [5.74, 6) is -0.361. The number of rotatable bonds is 4. The van der Waals surface area contributed by atoms with Gasteiger partial charge in [0, 0.05) is 13.1 Å². The molecule has 4 nitrogen and oxygen atoms in total. The lowest BCUT2D eigenvalue weighted by Crippen LogP contribution is -2.34. The Balaban J connectivity index is 1.71. The van der Waals surface area contributed by atoms with E-state index in [0.717, 1.165) is 42.6 Å². The van der Waals surface area contributed by atoms with E-state index in [1.807, 2.05) is 61.5 Å². The molecule has 0 saturated carbocycles.